The number of hydrogen-bond donors (Lipinski definition) is 0. The fraction of sp³-hybridized carbons (Fsp3) is 0.364. The van der Waals surface area contributed by atoms with E-state index in [0.29, 0.717) is 25.3 Å². The van der Waals surface area contributed by atoms with Crippen molar-refractivity contribution >= 4 is 17.0 Å². The molecule has 146 valence electrons. The summed E-state index contributed by atoms with van der Waals surface area (Å²) in [6.07, 6.45) is 1.62. The number of oxazole rings is 1. The van der Waals surface area contributed by atoms with Gasteiger partial charge in [0.2, 0.25) is 0 Å². The summed E-state index contributed by atoms with van der Waals surface area (Å²) < 4.78 is 24.7. The maximum atomic E-state index is 13.1. The second kappa shape index (κ2) is 8.00. The largest absolute Gasteiger partial charge is 0.481 e. The molecule has 2 aromatic carbocycles. The molecule has 1 amide bonds. The normalized spacial score (nSPS) is 16.3. The number of ether oxygens (including phenoxy) is 1. The highest BCUT2D eigenvalue weighted by molar-refractivity contribution is 5.81. The average Bonchev–Trinajstić information content (AvgIpc) is 3.17. The van der Waals surface area contributed by atoms with Crippen molar-refractivity contribution in [2.75, 3.05) is 13.1 Å². The van der Waals surface area contributed by atoms with E-state index >= 15 is 0 Å². The summed E-state index contributed by atoms with van der Waals surface area (Å²) in [5, 5.41) is 0. The summed E-state index contributed by atoms with van der Waals surface area (Å²) in [6, 6.07) is 13.5. The van der Waals surface area contributed by atoms with E-state index < -0.39 is 6.10 Å². The van der Waals surface area contributed by atoms with Crippen molar-refractivity contribution in [1.82, 2.24) is 9.88 Å². The molecule has 6 heteroatoms. The van der Waals surface area contributed by atoms with Crippen LogP contribution in [0, 0.1) is 5.82 Å². The number of hydrogen-bond acceptors (Lipinski definition) is 4. The van der Waals surface area contributed by atoms with Gasteiger partial charge in [0.15, 0.2) is 17.6 Å². The maximum absolute atomic E-state index is 13.1. The Morgan fingerprint density at radius 2 is 1.93 bits per heavy atom. The highest BCUT2D eigenvalue weighted by Gasteiger charge is 2.31. The molecule has 0 spiro atoms. The van der Waals surface area contributed by atoms with Gasteiger partial charge in [0.25, 0.3) is 5.91 Å². The number of para-hydroxylation sites is 2. The van der Waals surface area contributed by atoms with Gasteiger partial charge in [-0.1, -0.05) is 19.1 Å². The predicted molar refractivity (Wildman–Crippen MR) is 104 cm³/mol. The quantitative estimate of drug-likeness (QED) is 0.651. The minimum Gasteiger partial charge on any atom is -0.481 e. The molecular formula is C22H23FN2O3. The second-order valence-electron chi connectivity index (χ2n) is 7.09. The first-order chi connectivity index (χ1) is 13.6. The molecule has 1 fully saturated rings. The van der Waals surface area contributed by atoms with Crippen molar-refractivity contribution in [3.63, 3.8) is 0 Å². The lowest BCUT2D eigenvalue weighted by atomic mass is 9.96. The fourth-order valence-electron chi connectivity index (χ4n) is 3.60. The Hall–Kier alpha value is -2.89. The lowest BCUT2D eigenvalue weighted by Crippen LogP contribution is -2.45. The molecule has 5 nitrogen and oxygen atoms in total. The summed E-state index contributed by atoms with van der Waals surface area (Å²) in [7, 11) is 0. The van der Waals surface area contributed by atoms with Crippen LogP contribution in [0.5, 0.6) is 5.75 Å². The van der Waals surface area contributed by atoms with E-state index in [1.165, 1.54) is 12.1 Å². The number of amides is 1. The Bertz CT molecular complexity index is 913. The minimum absolute atomic E-state index is 0.0251. The third kappa shape index (κ3) is 3.86. The summed E-state index contributed by atoms with van der Waals surface area (Å²) in [5.41, 5.74) is 1.67. The van der Waals surface area contributed by atoms with Crippen molar-refractivity contribution < 1.29 is 18.3 Å². The van der Waals surface area contributed by atoms with Crippen molar-refractivity contribution in [3.8, 4) is 5.75 Å². The standard InChI is InChI=1S/C22H23FN2O3/c1-2-19(27-17-9-7-16(23)8-10-17)22(26)25-13-11-15(12-14-25)21-24-18-5-3-4-6-20(18)28-21/h3-10,15,19H,2,11-14H2,1H3/t19-/m0/s1. The Labute approximate surface area is 163 Å². The van der Waals surface area contributed by atoms with Crippen LogP contribution in [-0.2, 0) is 4.79 Å². The lowest BCUT2D eigenvalue weighted by Gasteiger charge is -2.33. The highest BCUT2D eigenvalue weighted by Crippen LogP contribution is 2.30. The molecule has 1 saturated heterocycles. The first-order valence-corrected chi connectivity index (χ1v) is 9.70. The van der Waals surface area contributed by atoms with Gasteiger partial charge >= 0.3 is 0 Å². The third-order valence-corrected chi connectivity index (χ3v) is 5.20. The Morgan fingerprint density at radius 3 is 2.61 bits per heavy atom. The molecule has 28 heavy (non-hydrogen) atoms. The zero-order valence-corrected chi connectivity index (χ0v) is 15.8. The van der Waals surface area contributed by atoms with Gasteiger partial charge in [0.1, 0.15) is 17.1 Å². The maximum Gasteiger partial charge on any atom is 0.263 e. The van der Waals surface area contributed by atoms with Crippen LogP contribution in [0.4, 0.5) is 4.39 Å². The van der Waals surface area contributed by atoms with Gasteiger partial charge in [-0.2, -0.15) is 0 Å². The SMILES string of the molecule is CC[C@H](Oc1ccc(F)cc1)C(=O)N1CCC(c2nc3ccccc3o2)CC1. The van der Waals surface area contributed by atoms with Gasteiger partial charge in [0, 0.05) is 19.0 Å². The van der Waals surface area contributed by atoms with Crippen LogP contribution in [0.1, 0.15) is 38.0 Å². The summed E-state index contributed by atoms with van der Waals surface area (Å²) in [6.45, 7) is 3.20. The molecule has 1 aromatic heterocycles. The molecule has 3 aromatic rings. The first-order valence-electron chi connectivity index (χ1n) is 9.70. The van der Waals surface area contributed by atoms with Crippen LogP contribution in [0.3, 0.4) is 0 Å². The highest BCUT2D eigenvalue weighted by atomic mass is 19.1. The fourth-order valence-corrected chi connectivity index (χ4v) is 3.60. The van der Waals surface area contributed by atoms with Crippen molar-refractivity contribution in [1.29, 1.82) is 0 Å². The molecule has 1 aliphatic heterocycles. The number of halogens is 1. The molecule has 0 radical (unpaired) electrons. The topological polar surface area (TPSA) is 55.6 Å². The van der Waals surface area contributed by atoms with Gasteiger partial charge in [-0.3, -0.25) is 4.79 Å². The van der Waals surface area contributed by atoms with Crippen LogP contribution in [0.15, 0.2) is 52.9 Å². The molecule has 1 aliphatic rings. The molecule has 0 unspecified atom stereocenters. The molecule has 0 bridgehead atoms. The van der Waals surface area contributed by atoms with Crippen LogP contribution in [0.2, 0.25) is 0 Å². The van der Waals surface area contributed by atoms with Crippen LogP contribution in [-0.4, -0.2) is 35.0 Å². The number of aromatic nitrogens is 1. The first kappa shape index (κ1) is 18.5. The predicted octanol–water partition coefficient (Wildman–Crippen LogP) is 4.53. The smallest absolute Gasteiger partial charge is 0.263 e. The van der Waals surface area contributed by atoms with Gasteiger partial charge in [-0.25, -0.2) is 9.37 Å². The summed E-state index contributed by atoms with van der Waals surface area (Å²) in [4.78, 5) is 19.3. The number of rotatable bonds is 5. The summed E-state index contributed by atoms with van der Waals surface area (Å²) in [5.74, 6) is 1.12. The van der Waals surface area contributed by atoms with E-state index in [2.05, 4.69) is 4.98 Å². The van der Waals surface area contributed by atoms with Crippen molar-refractivity contribution in [2.45, 2.75) is 38.2 Å². The number of fused-ring (bicyclic) bond motifs is 1. The molecular weight excluding hydrogens is 359 g/mol. The van der Waals surface area contributed by atoms with Gasteiger partial charge in [0.05, 0.1) is 0 Å². The molecule has 4 rings (SSSR count). The molecule has 1 atom stereocenters. The number of carbonyl (C=O) groups excluding carboxylic acids is 1. The van der Waals surface area contributed by atoms with Crippen molar-refractivity contribution in [2.24, 2.45) is 0 Å². The minimum atomic E-state index is -0.564. The van der Waals surface area contributed by atoms with Crippen LogP contribution < -0.4 is 4.74 Å². The number of piperidine rings is 1. The molecule has 0 N–H and O–H groups in total. The number of likely N-dealkylation sites (tertiary alicyclic amines) is 1. The zero-order chi connectivity index (χ0) is 19.5. The Morgan fingerprint density at radius 1 is 1.21 bits per heavy atom. The van der Waals surface area contributed by atoms with Gasteiger partial charge < -0.3 is 14.1 Å². The van der Waals surface area contributed by atoms with Crippen molar-refractivity contribution in [3.05, 3.63) is 60.2 Å². The average molecular weight is 382 g/mol. The Kier molecular flexibility index (Phi) is 5.28. The number of benzene rings is 2. The monoisotopic (exact) mass is 382 g/mol. The molecule has 0 saturated carbocycles. The van der Waals surface area contributed by atoms with E-state index in [1.807, 2.05) is 36.1 Å². The molecule has 0 aliphatic carbocycles. The van der Waals surface area contributed by atoms with Gasteiger partial charge in [-0.15, -0.1) is 0 Å². The lowest BCUT2D eigenvalue weighted by molar-refractivity contribution is -0.140. The number of nitrogens with zero attached hydrogens (tertiary/aromatic N) is 2. The van der Waals surface area contributed by atoms with E-state index in [1.54, 1.807) is 12.1 Å². The second-order valence-corrected chi connectivity index (χ2v) is 7.09. The third-order valence-electron chi connectivity index (χ3n) is 5.20. The van der Waals surface area contributed by atoms with Gasteiger partial charge in [-0.05, 0) is 55.7 Å². The Balaban J connectivity index is 1.37. The number of carbonyl (C=O) groups is 1. The summed E-state index contributed by atoms with van der Waals surface area (Å²) >= 11 is 0. The van der Waals surface area contributed by atoms with E-state index in [9.17, 15) is 9.18 Å². The van der Waals surface area contributed by atoms with E-state index in [4.69, 9.17) is 9.15 Å². The molecule has 2 heterocycles. The van der Waals surface area contributed by atoms with E-state index in [-0.39, 0.29) is 17.6 Å². The zero-order valence-electron chi connectivity index (χ0n) is 15.8. The van der Waals surface area contributed by atoms with Crippen LogP contribution in [0.25, 0.3) is 11.1 Å². The van der Waals surface area contributed by atoms with Crippen LogP contribution >= 0.6 is 0 Å². The van der Waals surface area contributed by atoms with E-state index in [0.717, 1.165) is 29.8 Å².